The van der Waals surface area contributed by atoms with E-state index in [-0.39, 0.29) is 5.54 Å². The average molecular weight is 171 g/mol. The Kier molecular flexibility index (Phi) is 3.53. The van der Waals surface area contributed by atoms with Crippen LogP contribution in [0, 0.1) is 5.92 Å². The smallest absolute Gasteiger partial charge is 0.0640 e. The first-order chi connectivity index (χ1) is 5.58. The average Bonchev–Trinajstić information content (AvgIpc) is 2.36. The van der Waals surface area contributed by atoms with Crippen LogP contribution in [-0.2, 0) is 4.74 Å². The summed E-state index contributed by atoms with van der Waals surface area (Å²) in [5, 5.41) is 0. The maximum Gasteiger partial charge on any atom is 0.0640 e. The van der Waals surface area contributed by atoms with Gasteiger partial charge in [-0.1, -0.05) is 12.8 Å². The molecule has 0 bridgehead atoms. The second-order valence-electron chi connectivity index (χ2n) is 4.65. The molecule has 72 valence electrons. The van der Waals surface area contributed by atoms with Crippen molar-refractivity contribution in [3.05, 3.63) is 0 Å². The number of hydrogen-bond acceptors (Lipinski definition) is 2. The van der Waals surface area contributed by atoms with Gasteiger partial charge in [0.2, 0.25) is 0 Å². The van der Waals surface area contributed by atoms with Crippen LogP contribution in [0.2, 0.25) is 0 Å². The second kappa shape index (κ2) is 4.24. The number of nitrogens with two attached hydrogens (primary N) is 1. The number of ether oxygens (including phenoxy) is 1. The fraction of sp³-hybridized carbons (Fsp3) is 1.00. The van der Waals surface area contributed by atoms with Gasteiger partial charge < -0.3 is 10.5 Å². The summed E-state index contributed by atoms with van der Waals surface area (Å²) >= 11 is 0. The van der Waals surface area contributed by atoms with Crippen molar-refractivity contribution in [2.45, 2.75) is 45.1 Å². The molecule has 0 unspecified atom stereocenters. The molecule has 0 aromatic rings. The molecular formula is C10H21NO. The fourth-order valence-electron chi connectivity index (χ4n) is 1.67. The van der Waals surface area contributed by atoms with E-state index in [0.717, 1.165) is 12.5 Å². The highest BCUT2D eigenvalue weighted by atomic mass is 16.5. The maximum absolute atomic E-state index is 5.80. The first kappa shape index (κ1) is 10.0. The highest BCUT2D eigenvalue weighted by Gasteiger charge is 2.16. The van der Waals surface area contributed by atoms with Gasteiger partial charge >= 0.3 is 0 Å². The van der Waals surface area contributed by atoms with Gasteiger partial charge in [-0.3, -0.25) is 0 Å². The van der Waals surface area contributed by atoms with Crippen molar-refractivity contribution in [3.63, 3.8) is 0 Å². The van der Waals surface area contributed by atoms with Crippen LogP contribution in [0.15, 0.2) is 0 Å². The molecule has 12 heavy (non-hydrogen) atoms. The second-order valence-corrected chi connectivity index (χ2v) is 4.65. The van der Waals surface area contributed by atoms with Crippen LogP contribution < -0.4 is 5.73 Å². The monoisotopic (exact) mass is 171 g/mol. The quantitative estimate of drug-likeness (QED) is 0.701. The van der Waals surface area contributed by atoms with Crippen LogP contribution >= 0.6 is 0 Å². The number of rotatable bonds is 4. The molecule has 2 heteroatoms. The van der Waals surface area contributed by atoms with Gasteiger partial charge in [-0.25, -0.2) is 0 Å². The van der Waals surface area contributed by atoms with E-state index in [9.17, 15) is 0 Å². The highest BCUT2D eigenvalue weighted by molar-refractivity contribution is 4.71. The molecule has 1 aliphatic rings. The van der Waals surface area contributed by atoms with Crippen molar-refractivity contribution in [3.8, 4) is 0 Å². The molecule has 0 spiro atoms. The fourth-order valence-corrected chi connectivity index (χ4v) is 1.67. The van der Waals surface area contributed by atoms with Crippen molar-refractivity contribution < 1.29 is 4.74 Å². The molecule has 0 heterocycles. The van der Waals surface area contributed by atoms with Crippen molar-refractivity contribution >= 4 is 0 Å². The van der Waals surface area contributed by atoms with Crippen molar-refractivity contribution in [2.24, 2.45) is 11.7 Å². The van der Waals surface area contributed by atoms with Crippen LogP contribution in [-0.4, -0.2) is 18.8 Å². The summed E-state index contributed by atoms with van der Waals surface area (Å²) < 4.78 is 5.56. The van der Waals surface area contributed by atoms with Crippen molar-refractivity contribution in [1.82, 2.24) is 0 Å². The zero-order valence-corrected chi connectivity index (χ0v) is 8.31. The van der Waals surface area contributed by atoms with Crippen LogP contribution in [0.4, 0.5) is 0 Å². The summed E-state index contributed by atoms with van der Waals surface area (Å²) in [7, 11) is 0. The third-order valence-corrected chi connectivity index (χ3v) is 2.30. The topological polar surface area (TPSA) is 35.2 Å². The molecule has 0 aromatic heterocycles. The molecule has 0 aliphatic heterocycles. The Balaban J connectivity index is 2.02. The molecule has 1 saturated carbocycles. The van der Waals surface area contributed by atoms with E-state index < -0.39 is 0 Å². The molecular weight excluding hydrogens is 150 g/mol. The Morgan fingerprint density at radius 2 is 1.92 bits per heavy atom. The predicted octanol–water partition coefficient (Wildman–Crippen LogP) is 1.93. The third kappa shape index (κ3) is 4.07. The van der Waals surface area contributed by atoms with Gasteiger partial charge in [0.25, 0.3) is 0 Å². The summed E-state index contributed by atoms with van der Waals surface area (Å²) in [5.74, 6) is 0.812. The Labute approximate surface area is 75.5 Å². The summed E-state index contributed by atoms with van der Waals surface area (Å²) in [6.07, 6.45) is 5.48. The summed E-state index contributed by atoms with van der Waals surface area (Å²) in [6.45, 7) is 5.60. The third-order valence-electron chi connectivity index (χ3n) is 2.30. The summed E-state index contributed by atoms with van der Waals surface area (Å²) in [5.41, 5.74) is 5.63. The van der Waals surface area contributed by atoms with Gasteiger partial charge in [-0.15, -0.1) is 0 Å². The van der Waals surface area contributed by atoms with Crippen LogP contribution in [0.5, 0.6) is 0 Å². The van der Waals surface area contributed by atoms with E-state index in [0.29, 0.717) is 6.61 Å². The summed E-state index contributed by atoms with van der Waals surface area (Å²) in [6, 6.07) is 0. The van der Waals surface area contributed by atoms with Gasteiger partial charge in [0.1, 0.15) is 0 Å². The van der Waals surface area contributed by atoms with E-state index in [2.05, 4.69) is 0 Å². The lowest BCUT2D eigenvalue weighted by molar-refractivity contribution is 0.0710. The highest BCUT2D eigenvalue weighted by Crippen LogP contribution is 2.24. The molecule has 1 fully saturated rings. The van der Waals surface area contributed by atoms with Gasteiger partial charge in [0.15, 0.2) is 0 Å². The van der Waals surface area contributed by atoms with Gasteiger partial charge in [0, 0.05) is 12.1 Å². The first-order valence-corrected chi connectivity index (χ1v) is 4.94. The van der Waals surface area contributed by atoms with Crippen LogP contribution in [0.1, 0.15) is 39.5 Å². The molecule has 2 nitrogen and oxygen atoms in total. The molecule has 0 amide bonds. The van der Waals surface area contributed by atoms with Crippen molar-refractivity contribution in [1.29, 1.82) is 0 Å². The lowest BCUT2D eigenvalue weighted by Crippen LogP contribution is -2.37. The first-order valence-electron chi connectivity index (χ1n) is 4.94. The zero-order valence-electron chi connectivity index (χ0n) is 8.31. The van der Waals surface area contributed by atoms with Crippen LogP contribution in [0.25, 0.3) is 0 Å². The standard InChI is InChI=1S/C10H21NO/c1-10(2,11)8-12-7-9-5-3-4-6-9/h9H,3-8,11H2,1-2H3. The lowest BCUT2D eigenvalue weighted by atomic mass is 10.1. The predicted molar refractivity (Wildman–Crippen MR) is 51.0 cm³/mol. The Morgan fingerprint density at radius 1 is 1.33 bits per heavy atom. The maximum atomic E-state index is 5.80. The molecule has 1 aliphatic carbocycles. The minimum atomic E-state index is -0.168. The normalized spacial score (nSPS) is 20.2. The molecule has 0 saturated heterocycles. The molecule has 0 radical (unpaired) electrons. The van der Waals surface area contributed by atoms with Gasteiger partial charge in [-0.2, -0.15) is 0 Å². The van der Waals surface area contributed by atoms with Crippen LogP contribution in [0.3, 0.4) is 0 Å². The van der Waals surface area contributed by atoms with E-state index in [1.165, 1.54) is 25.7 Å². The Morgan fingerprint density at radius 3 is 2.42 bits per heavy atom. The van der Waals surface area contributed by atoms with Gasteiger partial charge in [-0.05, 0) is 32.6 Å². The molecule has 1 rings (SSSR count). The SMILES string of the molecule is CC(C)(N)COCC1CCCC1. The Bertz CT molecular complexity index is 122. The van der Waals surface area contributed by atoms with E-state index in [1.807, 2.05) is 13.8 Å². The molecule has 0 aromatic carbocycles. The summed E-state index contributed by atoms with van der Waals surface area (Å²) in [4.78, 5) is 0. The van der Waals surface area contributed by atoms with E-state index in [4.69, 9.17) is 10.5 Å². The van der Waals surface area contributed by atoms with Crippen molar-refractivity contribution in [2.75, 3.05) is 13.2 Å². The minimum absolute atomic E-state index is 0.168. The number of hydrogen-bond donors (Lipinski definition) is 1. The minimum Gasteiger partial charge on any atom is -0.379 e. The molecule has 2 N–H and O–H groups in total. The lowest BCUT2D eigenvalue weighted by Gasteiger charge is -2.19. The van der Waals surface area contributed by atoms with Gasteiger partial charge in [0.05, 0.1) is 6.61 Å². The van der Waals surface area contributed by atoms with E-state index in [1.54, 1.807) is 0 Å². The van der Waals surface area contributed by atoms with E-state index >= 15 is 0 Å². The molecule has 0 atom stereocenters. The zero-order chi connectivity index (χ0) is 9.03. The Hall–Kier alpha value is -0.0800. The largest absolute Gasteiger partial charge is 0.379 e.